The molecule has 6 heteroatoms. The van der Waals surface area contributed by atoms with E-state index in [4.69, 9.17) is 11.6 Å². The maximum atomic E-state index is 13.2. The largest absolute Gasteiger partial charge is 0.505 e. The summed E-state index contributed by atoms with van der Waals surface area (Å²) in [5.41, 5.74) is -0.0421. The number of hydrogen-bond donors (Lipinski definition) is 2. The molecule has 0 spiro atoms. The van der Waals surface area contributed by atoms with E-state index in [1.807, 2.05) is 0 Å². The lowest BCUT2D eigenvalue weighted by atomic mass is 10.0. The molecular weight excluding hydrogens is 251 g/mol. The second-order valence-electron chi connectivity index (χ2n) is 3.38. The first-order valence-electron chi connectivity index (χ1n) is 4.92. The lowest BCUT2D eigenvalue weighted by Crippen LogP contribution is -2.17. The number of phenolic OH excluding ortho intramolecular Hbond substituents is 1. The zero-order valence-electron chi connectivity index (χ0n) is 9.33. The van der Waals surface area contributed by atoms with Crippen LogP contribution >= 0.6 is 11.6 Å². The lowest BCUT2D eigenvalue weighted by Gasteiger charge is -2.15. The molecule has 1 atom stereocenters. The molecule has 0 saturated carbocycles. The van der Waals surface area contributed by atoms with Gasteiger partial charge in [0.05, 0.1) is 6.61 Å². The van der Waals surface area contributed by atoms with Gasteiger partial charge in [0.15, 0.2) is 17.7 Å². The minimum Gasteiger partial charge on any atom is -0.505 e. The normalized spacial score (nSPS) is 12.3. The van der Waals surface area contributed by atoms with E-state index in [0.717, 1.165) is 6.07 Å². The van der Waals surface area contributed by atoms with Crippen molar-refractivity contribution in [1.82, 2.24) is 0 Å². The summed E-state index contributed by atoms with van der Waals surface area (Å²) in [5.74, 6) is -2.76. The third-order valence-corrected chi connectivity index (χ3v) is 2.67. The zero-order chi connectivity index (χ0) is 13.2. The minimum absolute atomic E-state index is 0.0126. The smallest absolute Gasteiger partial charge is 0.339 e. The molecule has 1 rings (SSSR count). The second-order valence-corrected chi connectivity index (χ2v) is 3.79. The van der Waals surface area contributed by atoms with Crippen LogP contribution in [0.4, 0.5) is 4.39 Å². The van der Waals surface area contributed by atoms with Crippen LogP contribution in [0.1, 0.15) is 24.2 Å². The molecule has 0 bridgehead atoms. The predicted octanol–water partition coefficient (Wildman–Crippen LogP) is 2.09. The van der Waals surface area contributed by atoms with Crippen molar-refractivity contribution < 1.29 is 24.1 Å². The van der Waals surface area contributed by atoms with Gasteiger partial charge in [-0.2, -0.15) is 0 Å². The van der Waals surface area contributed by atoms with Gasteiger partial charge in [0.1, 0.15) is 0 Å². The third kappa shape index (κ3) is 2.68. The first-order chi connectivity index (χ1) is 7.90. The van der Waals surface area contributed by atoms with Gasteiger partial charge < -0.3 is 14.9 Å². The van der Waals surface area contributed by atoms with E-state index in [2.05, 4.69) is 4.74 Å². The number of ether oxygens (including phenoxy) is 1. The SMILES string of the molecule is CCOC(=O)C(O)c1c(C)c(Cl)cc(F)c1O. The van der Waals surface area contributed by atoms with Crippen LogP contribution in [-0.4, -0.2) is 22.8 Å². The fraction of sp³-hybridized carbons (Fsp3) is 0.364. The maximum absolute atomic E-state index is 13.2. The van der Waals surface area contributed by atoms with Crippen LogP contribution in [-0.2, 0) is 9.53 Å². The molecule has 0 amide bonds. The Labute approximate surface area is 103 Å². The summed E-state index contributed by atoms with van der Waals surface area (Å²) in [6, 6.07) is 0.910. The van der Waals surface area contributed by atoms with Crippen LogP contribution in [0.3, 0.4) is 0 Å². The average molecular weight is 263 g/mol. The number of halogens is 2. The average Bonchev–Trinajstić information content (AvgIpc) is 2.27. The number of aliphatic hydroxyl groups is 1. The molecule has 4 nitrogen and oxygen atoms in total. The Hall–Kier alpha value is -1.33. The summed E-state index contributed by atoms with van der Waals surface area (Å²) in [5, 5.41) is 19.2. The van der Waals surface area contributed by atoms with Crippen LogP contribution in [0.5, 0.6) is 5.75 Å². The predicted molar refractivity (Wildman–Crippen MR) is 59.4 cm³/mol. The molecule has 1 unspecified atom stereocenters. The Balaban J connectivity index is 3.25. The fourth-order valence-electron chi connectivity index (χ4n) is 1.40. The Bertz CT molecular complexity index is 421. The molecule has 17 heavy (non-hydrogen) atoms. The molecule has 0 saturated heterocycles. The summed E-state index contributed by atoms with van der Waals surface area (Å²) < 4.78 is 17.8. The Morgan fingerprint density at radius 1 is 1.65 bits per heavy atom. The molecule has 0 aromatic heterocycles. The highest BCUT2D eigenvalue weighted by Gasteiger charge is 2.27. The van der Waals surface area contributed by atoms with Gasteiger partial charge in [0.2, 0.25) is 0 Å². The van der Waals surface area contributed by atoms with E-state index < -0.39 is 23.6 Å². The number of aliphatic hydroxyl groups excluding tert-OH is 1. The highest BCUT2D eigenvalue weighted by Crippen LogP contribution is 2.35. The van der Waals surface area contributed by atoms with Crippen LogP contribution in [0, 0.1) is 12.7 Å². The second kappa shape index (κ2) is 5.33. The quantitative estimate of drug-likeness (QED) is 0.819. The molecule has 0 heterocycles. The first-order valence-corrected chi connectivity index (χ1v) is 5.30. The minimum atomic E-state index is -1.76. The van der Waals surface area contributed by atoms with Crippen molar-refractivity contribution >= 4 is 17.6 Å². The molecule has 0 aliphatic heterocycles. The Morgan fingerprint density at radius 2 is 2.24 bits per heavy atom. The summed E-state index contributed by atoms with van der Waals surface area (Å²) in [6.45, 7) is 3.09. The maximum Gasteiger partial charge on any atom is 0.339 e. The number of carbonyl (C=O) groups excluding carboxylic acids is 1. The van der Waals surface area contributed by atoms with E-state index in [1.54, 1.807) is 6.92 Å². The van der Waals surface area contributed by atoms with E-state index >= 15 is 0 Å². The van der Waals surface area contributed by atoms with E-state index in [1.165, 1.54) is 6.92 Å². The topological polar surface area (TPSA) is 66.8 Å². The van der Waals surface area contributed by atoms with Crippen molar-refractivity contribution in [2.24, 2.45) is 0 Å². The lowest BCUT2D eigenvalue weighted by molar-refractivity contribution is -0.153. The molecule has 0 aliphatic rings. The number of rotatable bonds is 3. The van der Waals surface area contributed by atoms with Crippen molar-refractivity contribution in [2.45, 2.75) is 20.0 Å². The van der Waals surface area contributed by atoms with E-state index in [-0.39, 0.29) is 22.8 Å². The molecule has 1 aromatic rings. The van der Waals surface area contributed by atoms with Crippen LogP contribution in [0.25, 0.3) is 0 Å². The van der Waals surface area contributed by atoms with Crippen molar-refractivity contribution in [2.75, 3.05) is 6.61 Å². The number of esters is 1. The monoisotopic (exact) mass is 262 g/mol. The Kier molecular flexibility index (Phi) is 4.31. The van der Waals surface area contributed by atoms with Gasteiger partial charge >= 0.3 is 5.97 Å². The molecule has 0 fully saturated rings. The summed E-state index contributed by atoms with van der Waals surface area (Å²) in [7, 11) is 0. The van der Waals surface area contributed by atoms with Crippen molar-refractivity contribution in [3.8, 4) is 5.75 Å². The number of aromatic hydroxyl groups is 1. The molecule has 0 radical (unpaired) electrons. The van der Waals surface area contributed by atoms with Crippen molar-refractivity contribution in [3.05, 3.63) is 28.0 Å². The van der Waals surface area contributed by atoms with Gasteiger partial charge in [-0.25, -0.2) is 9.18 Å². The molecule has 94 valence electrons. The Morgan fingerprint density at radius 3 is 2.76 bits per heavy atom. The summed E-state index contributed by atoms with van der Waals surface area (Å²) in [6.07, 6.45) is -1.76. The van der Waals surface area contributed by atoms with Gasteiger partial charge in [0.25, 0.3) is 0 Å². The van der Waals surface area contributed by atoms with E-state index in [9.17, 15) is 19.4 Å². The number of phenols is 1. The van der Waals surface area contributed by atoms with Gasteiger partial charge in [-0.3, -0.25) is 0 Å². The summed E-state index contributed by atoms with van der Waals surface area (Å²) in [4.78, 5) is 11.3. The van der Waals surface area contributed by atoms with Gasteiger partial charge in [-0.1, -0.05) is 11.6 Å². The molecule has 2 N–H and O–H groups in total. The first kappa shape index (κ1) is 13.7. The van der Waals surface area contributed by atoms with Crippen LogP contribution < -0.4 is 0 Å². The van der Waals surface area contributed by atoms with E-state index in [0.29, 0.717) is 0 Å². The molecule has 1 aromatic carbocycles. The third-order valence-electron chi connectivity index (χ3n) is 2.28. The standard InChI is InChI=1S/C11H12ClFO4/c1-3-17-11(16)10(15)8-5(2)6(12)4-7(13)9(8)14/h4,10,14-15H,3H2,1-2H3. The van der Waals surface area contributed by atoms with Gasteiger partial charge in [0, 0.05) is 10.6 Å². The fourth-order valence-corrected chi connectivity index (χ4v) is 1.59. The van der Waals surface area contributed by atoms with Crippen molar-refractivity contribution in [1.29, 1.82) is 0 Å². The highest BCUT2D eigenvalue weighted by atomic mass is 35.5. The molecule has 0 aliphatic carbocycles. The molecular formula is C11H12ClFO4. The zero-order valence-corrected chi connectivity index (χ0v) is 10.1. The number of hydrogen-bond acceptors (Lipinski definition) is 4. The number of benzene rings is 1. The summed E-state index contributed by atoms with van der Waals surface area (Å²) >= 11 is 5.70. The highest BCUT2D eigenvalue weighted by molar-refractivity contribution is 6.31. The number of carbonyl (C=O) groups is 1. The van der Waals surface area contributed by atoms with Crippen LogP contribution in [0.2, 0.25) is 5.02 Å². The van der Waals surface area contributed by atoms with Crippen molar-refractivity contribution in [3.63, 3.8) is 0 Å². The van der Waals surface area contributed by atoms with Crippen LogP contribution in [0.15, 0.2) is 6.07 Å². The van der Waals surface area contributed by atoms with Gasteiger partial charge in [-0.05, 0) is 25.5 Å². The van der Waals surface area contributed by atoms with Gasteiger partial charge in [-0.15, -0.1) is 0 Å².